The summed E-state index contributed by atoms with van der Waals surface area (Å²) in [6.45, 7) is 0. The molecule has 0 atom stereocenters. The molecule has 0 unspecified atom stereocenters. The molecule has 0 amide bonds. The van der Waals surface area contributed by atoms with Gasteiger partial charge >= 0.3 is 118 Å². The fourth-order valence-electron chi connectivity index (χ4n) is 2.11. The minimum atomic E-state index is -6.09. The first kappa shape index (κ1) is 34.3. The number of rotatable bonds is 5. The van der Waals surface area contributed by atoms with Crippen LogP contribution in [0.15, 0.2) is 54.6 Å². The van der Waals surface area contributed by atoms with Crippen LogP contribution in [0.4, 0.5) is 0 Å². The Bertz CT molecular complexity index is 773. The Morgan fingerprint density at radius 2 is 1.19 bits per heavy atom. The van der Waals surface area contributed by atoms with Crippen LogP contribution in [0.3, 0.4) is 0 Å². The first-order chi connectivity index (χ1) is 10.5. The summed E-state index contributed by atoms with van der Waals surface area (Å²) in [5.41, 5.74) is 1.41. The summed E-state index contributed by atoms with van der Waals surface area (Å²) in [6, 6.07) is 14.8. The zero-order valence-electron chi connectivity index (χ0n) is 15.7. The topological polar surface area (TPSA) is 147 Å². The van der Waals surface area contributed by atoms with Crippen molar-refractivity contribution < 1.29 is 152 Å². The molecule has 0 saturated heterocycles. The van der Waals surface area contributed by atoms with Gasteiger partial charge in [0.15, 0.2) is 0 Å². The minimum absolute atomic E-state index is 0. The van der Waals surface area contributed by atoms with E-state index < -0.39 is 26.7 Å². The van der Waals surface area contributed by atoms with Gasteiger partial charge in [-0.25, -0.2) is 0 Å². The summed E-state index contributed by atoms with van der Waals surface area (Å²) in [7, 11) is -12.2. The van der Waals surface area contributed by atoms with Crippen molar-refractivity contribution in [2.45, 2.75) is 11.5 Å². The van der Waals surface area contributed by atoms with Gasteiger partial charge in [0.25, 0.3) is 0 Å². The summed E-state index contributed by atoms with van der Waals surface area (Å²) in [5.74, 6) is 0. The normalized spacial score (nSPS) is 11.1. The van der Waals surface area contributed by atoms with Crippen molar-refractivity contribution in [3.05, 3.63) is 60.2 Å². The Kier molecular flexibility index (Phi) is 17.8. The molecule has 0 bridgehead atoms. The van der Waals surface area contributed by atoms with Gasteiger partial charge in [0.1, 0.15) is 5.08 Å². The van der Waals surface area contributed by atoms with Crippen LogP contribution in [0.2, 0.25) is 0 Å². The van der Waals surface area contributed by atoms with Crippen LogP contribution < -0.4 is 138 Å². The Hall–Kier alpha value is 2.70. The average Bonchev–Trinajstić information content (AvgIpc) is 2.46. The first-order valence-corrected chi connectivity index (χ1v) is 9.54. The third-order valence-electron chi connectivity index (χ3n) is 3.35. The molecule has 0 spiro atoms. The van der Waals surface area contributed by atoms with E-state index in [0.717, 1.165) is 5.56 Å². The SMILES string of the molecule is O=P([O-])([O-])C(O)(Cc1cccc(-c2ccccc2)c1)P(=O)([O-])[O-].[Na+].[Na+].[Na+].[Na+]. The molecule has 13 heteroatoms. The molecule has 1 N–H and O–H groups in total. The molecule has 0 aromatic heterocycles. The van der Waals surface area contributed by atoms with E-state index in [-0.39, 0.29) is 124 Å². The maximum atomic E-state index is 11.1. The van der Waals surface area contributed by atoms with Crippen LogP contribution in [0.5, 0.6) is 0 Å². The molecule has 27 heavy (non-hydrogen) atoms. The Balaban J connectivity index is -0.00000144. The molecule has 0 radical (unpaired) electrons. The fourth-order valence-corrected chi connectivity index (χ4v) is 4.06. The Labute approximate surface area is 246 Å². The molecule has 0 aliphatic rings. The molecule has 0 fully saturated rings. The van der Waals surface area contributed by atoms with Crippen molar-refractivity contribution in [3.8, 4) is 11.1 Å². The van der Waals surface area contributed by atoms with E-state index in [1.54, 1.807) is 36.4 Å². The molecule has 7 nitrogen and oxygen atoms in total. The summed E-state index contributed by atoms with van der Waals surface area (Å²) < 4.78 is 22.2. The zero-order valence-corrected chi connectivity index (χ0v) is 25.5. The molecule has 124 valence electrons. The molecule has 2 aromatic rings. The molecule has 2 aromatic carbocycles. The number of aliphatic hydroxyl groups is 1. The average molecular weight is 446 g/mol. The van der Waals surface area contributed by atoms with Crippen molar-refractivity contribution >= 4 is 15.2 Å². The van der Waals surface area contributed by atoms with E-state index in [1.165, 1.54) is 18.2 Å². The van der Waals surface area contributed by atoms with Crippen molar-refractivity contribution in [1.82, 2.24) is 0 Å². The van der Waals surface area contributed by atoms with Gasteiger partial charge in [-0.2, -0.15) is 0 Å². The van der Waals surface area contributed by atoms with Crippen LogP contribution in [0.25, 0.3) is 11.1 Å². The van der Waals surface area contributed by atoms with Gasteiger partial charge in [-0.3, -0.25) is 0 Å². The second-order valence-corrected chi connectivity index (χ2v) is 8.83. The largest absolute Gasteiger partial charge is 1.00 e. The van der Waals surface area contributed by atoms with Gasteiger partial charge in [-0.15, -0.1) is 0 Å². The standard InChI is InChI=1S/C14H16O7P2.4Na/c15-14(22(16,17)18,23(19,20)21)10-11-5-4-8-13(9-11)12-6-2-1-3-7-12;;;;/h1-9,15H,10H2,(H2,16,17,18)(H2,19,20,21);;;;/q;4*+1/p-4. The van der Waals surface area contributed by atoms with Gasteiger partial charge in [0, 0.05) is 6.42 Å². The minimum Gasteiger partial charge on any atom is -0.808 e. The fraction of sp³-hybridized carbons (Fsp3) is 0.143. The number of hydrogen-bond acceptors (Lipinski definition) is 7. The van der Waals surface area contributed by atoms with Gasteiger partial charge in [-0.05, 0) is 31.9 Å². The first-order valence-electron chi connectivity index (χ1n) is 6.46. The third kappa shape index (κ3) is 8.99. The summed E-state index contributed by atoms with van der Waals surface area (Å²) in [5, 5.41) is 5.83. The molecular formula is C14H12Na4O7P2. The molecule has 2 rings (SSSR count). The Morgan fingerprint density at radius 3 is 1.63 bits per heavy atom. The van der Waals surface area contributed by atoms with Crippen LogP contribution in [0, 0.1) is 0 Å². The molecule has 0 aliphatic heterocycles. The van der Waals surface area contributed by atoms with Gasteiger partial charge in [0.2, 0.25) is 0 Å². The number of benzene rings is 2. The van der Waals surface area contributed by atoms with E-state index in [0.29, 0.717) is 5.56 Å². The molecule has 0 heterocycles. The van der Waals surface area contributed by atoms with Crippen molar-refractivity contribution in [2.24, 2.45) is 0 Å². The van der Waals surface area contributed by atoms with Crippen LogP contribution in [-0.4, -0.2) is 10.2 Å². The second kappa shape index (κ2) is 14.0. The van der Waals surface area contributed by atoms with E-state index in [4.69, 9.17) is 0 Å². The predicted octanol–water partition coefficient (Wildman–Crippen LogP) is -12.6. The monoisotopic (exact) mass is 446 g/mol. The van der Waals surface area contributed by atoms with Crippen LogP contribution in [-0.2, 0) is 15.6 Å². The third-order valence-corrected chi connectivity index (χ3v) is 6.89. The zero-order chi connectivity index (χ0) is 17.3. The van der Waals surface area contributed by atoms with E-state index in [1.807, 2.05) is 0 Å². The maximum Gasteiger partial charge on any atom is 1.00 e. The quantitative estimate of drug-likeness (QED) is 0.355. The van der Waals surface area contributed by atoms with Crippen molar-refractivity contribution in [1.29, 1.82) is 0 Å². The molecular weight excluding hydrogens is 434 g/mol. The molecule has 0 saturated carbocycles. The van der Waals surface area contributed by atoms with Gasteiger partial charge < -0.3 is 33.8 Å². The van der Waals surface area contributed by atoms with E-state index in [9.17, 15) is 33.8 Å². The molecule has 0 aliphatic carbocycles. The second-order valence-electron chi connectivity index (χ2n) is 5.01. The summed E-state index contributed by atoms with van der Waals surface area (Å²) in [4.78, 5) is 44.4. The summed E-state index contributed by atoms with van der Waals surface area (Å²) >= 11 is 0. The van der Waals surface area contributed by atoms with Crippen molar-refractivity contribution in [2.75, 3.05) is 0 Å². The van der Waals surface area contributed by atoms with Crippen LogP contribution in [0.1, 0.15) is 5.56 Å². The van der Waals surface area contributed by atoms with Crippen LogP contribution >= 0.6 is 15.2 Å². The maximum absolute atomic E-state index is 11.1. The van der Waals surface area contributed by atoms with E-state index >= 15 is 0 Å². The Morgan fingerprint density at radius 1 is 0.741 bits per heavy atom. The smallest absolute Gasteiger partial charge is 0.808 e. The summed E-state index contributed by atoms with van der Waals surface area (Å²) in [6.07, 6.45) is -1.12. The van der Waals surface area contributed by atoms with Gasteiger partial charge in [0.05, 0.1) is 0 Å². The van der Waals surface area contributed by atoms with E-state index in [2.05, 4.69) is 0 Å². The predicted molar refractivity (Wildman–Crippen MR) is 75.7 cm³/mol. The van der Waals surface area contributed by atoms with Gasteiger partial charge in [-0.1, -0.05) is 54.6 Å². The number of hydrogen-bond donors (Lipinski definition) is 1. The van der Waals surface area contributed by atoms with Crippen molar-refractivity contribution in [3.63, 3.8) is 0 Å².